The van der Waals surface area contributed by atoms with E-state index >= 15 is 0 Å². The smallest absolute Gasteiger partial charge is 0.404 e. The fraction of sp³-hybridized carbons (Fsp3) is 0.400. The van der Waals surface area contributed by atoms with E-state index in [2.05, 4.69) is 31.7 Å². The van der Waals surface area contributed by atoms with Crippen molar-refractivity contribution in [2.75, 3.05) is 6.61 Å². The van der Waals surface area contributed by atoms with E-state index in [4.69, 9.17) is 32.5 Å². The summed E-state index contributed by atoms with van der Waals surface area (Å²) in [6.07, 6.45) is -0.394. The Balaban J connectivity index is 1.18. The summed E-state index contributed by atoms with van der Waals surface area (Å²) in [5, 5.41) is 10.3. The van der Waals surface area contributed by atoms with Crippen molar-refractivity contribution in [2.45, 2.75) is 57.5 Å². The zero-order valence-corrected chi connectivity index (χ0v) is 34.0. The van der Waals surface area contributed by atoms with Crippen LogP contribution in [0, 0.1) is 6.92 Å². The van der Waals surface area contributed by atoms with Crippen LogP contribution in [-0.2, 0) is 54.7 Å². The molecule has 0 saturated carbocycles. The van der Waals surface area contributed by atoms with Crippen LogP contribution in [0.2, 0.25) is 0 Å². The number of rotatable bonds is 14. The third-order valence-electron chi connectivity index (χ3n) is 7.79. The first-order chi connectivity index (χ1) is 25.1. The van der Waals surface area contributed by atoms with Crippen LogP contribution in [0.3, 0.4) is 0 Å². The summed E-state index contributed by atoms with van der Waals surface area (Å²) in [4.78, 5) is 79.9. The molecule has 0 bridgehead atoms. The summed E-state index contributed by atoms with van der Waals surface area (Å²) < 4.78 is 93.6. The normalized spacial score (nSPS) is 26.2. The van der Waals surface area contributed by atoms with E-state index in [0.717, 1.165) is 10.6 Å². The number of aliphatic hydroxyl groups is 1. The molecule has 1 aliphatic carbocycles. The minimum absolute atomic E-state index is 0.0110. The summed E-state index contributed by atoms with van der Waals surface area (Å²) in [6.45, 7) is 3.95. The van der Waals surface area contributed by atoms with Gasteiger partial charge in [-0.15, -0.1) is 0 Å². The lowest BCUT2D eigenvalue weighted by Crippen LogP contribution is -2.33. The minimum Gasteiger partial charge on any atom is -0.404 e. The number of nitrogens with zero attached hydrogens (tertiary/aromatic N) is 2. The number of halogens is 2. The molecule has 1 saturated heterocycles. The molecule has 55 heavy (non-hydrogen) atoms. The lowest BCUT2D eigenvalue weighted by atomic mass is 9.71. The number of aromatic amines is 1. The lowest BCUT2D eigenvalue weighted by molar-refractivity contribution is -0.0244. The summed E-state index contributed by atoms with van der Waals surface area (Å²) in [5.41, 5.74) is -0.971. The Hall–Kier alpha value is -1.90. The molecule has 23 nitrogen and oxygen atoms in total. The van der Waals surface area contributed by atoms with Gasteiger partial charge in [-0.25, -0.2) is 32.6 Å². The van der Waals surface area contributed by atoms with Gasteiger partial charge in [0.25, 0.3) is 5.56 Å². The molecule has 0 spiro atoms. The van der Waals surface area contributed by atoms with Gasteiger partial charge in [-0.2, -0.15) is 17.2 Å². The average Bonchev–Trinajstić information content (AvgIpc) is 3.47. The van der Waals surface area contributed by atoms with Crippen LogP contribution in [0.1, 0.15) is 44.0 Å². The van der Waals surface area contributed by atoms with Crippen molar-refractivity contribution in [2.24, 2.45) is 4.99 Å². The fourth-order valence-electron chi connectivity index (χ4n) is 5.53. The van der Waals surface area contributed by atoms with Crippen LogP contribution in [0.15, 0.2) is 60.7 Å². The number of H-pyrrole nitrogens is 1. The summed E-state index contributed by atoms with van der Waals surface area (Å²) in [5.74, 6) is -0.479. The number of aliphatic hydroxyl groups excluding tert-OH is 1. The van der Waals surface area contributed by atoms with Gasteiger partial charge in [0.2, 0.25) is 0 Å². The van der Waals surface area contributed by atoms with Gasteiger partial charge in [-0.3, -0.25) is 23.8 Å². The molecule has 304 valence electrons. The van der Waals surface area contributed by atoms with Crippen LogP contribution in [-0.4, -0.2) is 63.7 Å². The highest BCUT2D eigenvalue weighted by molar-refractivity contribution is 7.71. The van der Waals surface area contributed by atoms with E-state index in [0.29, 0.717) is 22.5 Å². The van der Waals surface area contributed by atoms with Gasteiger partial charge in [0.15, 0.2) is 0 Å². The van der Waals surface area contributed by atoms with Gasteiger partial charge >= 0.3 is 44.8 Å². The Kier molecular flexibility index (Phi) is 12.6. The number of hydrogen-bond acceptors (Lipinski definition) is 16. The van der Waals surface area contributed by atoms with Crippen LogP contribution in [0.5, 0.6) is 5.75 Å². The van der Waals surface area contributed by atoms with E-state index in [1.807, 2.05) is 0 Å². The van der Waals surface area contributed by atoms with Crippen LogP contribution < -0.4 is 15.8 Å². The average molecular weight is 918 g/mol. The van der Waals surface area contributed by atoms with Crippen molar-refractivity contribution >= 4 is 73.7 Å². The van der Waals surface area contributed by atoms with E-state index < -0.39 is 86.6 Å². The Bertz CT molecular complexity index is 2380. The van der Waals surface area contributed by atoms with Gasteiger partial charge in [-0.05, 0) is 49.6 Å². The SMILES string of the molecule is Cc1cn([C@H]2CC[C@@H](COP(=O)(O)OP(=O)(O)OP(=O)(O)OP(=O)(O)OP(=O)(O)Oc3ccc4c(c3)C(C)(C)C3=C(Cl)C(O)C(Cl)=CC3=N4)O2)c(=O)[nH]c1=O. The van der Waals surface area contributed by atoms with Crippen molar-refractivity contribution in [3.8, 4) is 5.75 Å². The second-order valence-corrected chi connectivity index (χ2v) is 20.9. The molecule has 1 aromatic heterocycles. The van der Waals surface area contributed by atoms with Crippen LogP contribution in [0.4, 0.5) is 5.69 Å². The lowest BCUT2D eigenvalue weighted by Gasteiger charge is -2.37. The predicted octanol–water partition coefficient (Wildman–Crippen LogP) is 4.54. The van der Waals surface area contributed by atoms with Crippen LogP contribution >= 0.6 is 62.3 Å². The van der Waals surface area contributed by atoms with Crippen LogP contribution in [0.25, 0.3) is 0 Å². The van der Waals surface area contributed by atoms with E-state index in [1.165, 1.54) is 31.3 Å². The van der Waals surface area contributed by atoms with Gasteiger partial charge in [0.1, 0.15) is 18.1 Å². The molecule has 3 heterocycles. The molecule has 2 aliphatic heterocycles. The molecule has 7 N–H and O–H groups in total. The number of ether oxygens (including phenoxy) is 1. The Morgan fingerprint density at radius 1 is 0.927 bits per heavy atom. The zero-order chi connectivity index (χ0) is 41.1. The number of allylic oxidation sites excluding steroid dienone is 2. The maximum atomic E-state index is 12.7. The topological polar surface area (TPSA) is 339 Å². The number of fused-ring (bicyclic) bond motifs is 2. The molecule has 5 rings (SSSR count). The second-order valence-electron chi connectivity index (χ2n) is 12.3. The van der Waals surface area contributed by atoms with E-state index in [-0.39, 0.29) is 28.5 Å². The Labute approximate surface area is 318 Å². The zero-order valence-electron chi connectivity index (χ0n) is 28.0. The third-order valence-corrected chi connectivity index (χ3v) is 16.0. The highest BCUT2D eigenvalue weighted by atomic mass is 35.5. The monoisotopic (exact) mass is 917 g/mol. The Morgan fingerprint density at radius 3 is 2.13 bits per heavy atom. The molecule has 8 atom stereocenters. The molecule has 3 aliphatic rings. The number of phosphoric ester groups is 2. The maximum absolute atomic E-state index is 12.7. The molecular formula is C25H30Cl2N3O20P5. The van der Waals surface area contributed by atoms with Crippen molar-refractivity contribution in [1.29, 1.82) is 0 Å². The highest BCUT2D eigenvalue weighted by Gasteiger charge is 2.49. The fourth-order valence-corrected chi connectivity index (χ4v) is 12.6. The predicted molar refractivity (Wildman–Crippen MR) is 189 cm³/mol. The first kappa shape index (κ1) is 44.2. The van der Waals surface area contributed by atoms with Gasteiger partial charge < -0.3 is 33.9 Å². The standard InChI is InChI=1S/C25H30Cl2N3O20P5/c1-12-10-30(24(33)29-23(12)32)19-7-5-14(45-19)11-44-51(34,35)47-53(38,39)49-55(42,43)50-54(40,41)48-52(36,37)46-13-4-6-17-15(8-13)25(2,3)20-18(28-17)9-16(26)22(31)21(20)27/h4,6,8-10,14,19,22,31H,5,7,11H2,1-3H3,(H,34,35)(H,36,37)(H,38,39)(H,40,41)(H,42,43)(H,29,32,33)/t14-,19+,22?/m0/s1. The minimum atomic E-state index is -6.35. The summed E-state index contributed by atoms with van der Waals surface area (Å²) in [7, 11) is -30.2. The molecule has 0 radical (unpaired) electrons. The first-order valence-corrected chi connectivity index (χ1v) is 23.3. The third kappa shape index (κ3) is 10.6. The number of nitrogens with one attached hydrogen (secondary N) is 1. The van der Waals surface area contributed by atoms with E-state index in [9.17, 15) is 62.0 Å². The molecule has 30 heteroatoms. The number of aliphatic imine (C=N–C) groups is 1. The number of phosphoric acid groups is 5. The van der Waals surface area contributed by atoms with Gasteiger partial charge in [0, 0.05) is 22.7 Å². The molecule has 0 amide bonds. The second kappa shape index (κ2) is 15.7. The number of hydrogen-bond donors (Lipinski definition) is 7. The first-order valence-electron chi connectivity index (χ1n) is 15.1. The van der Waals surface area contributed by atoms with Gasteiger partial charge in [0.05, 0.1) is 34.2 Å². The molecule has 1 fully saturated rings. The quantitative estimate of drug-likeness (QED) is 0.128. The molecule has 6 unspecified atom stereocenters. The highest BCUT2D eigenvalue weighted by Crippen LogP contribution is 2.73. The van der Waals surface area contributed by atoms with Crippen molar-refractivity contribution in [3.05, 3.63) is 78.1 Å². The van der Waals surface area contributed by atoms with Gasteiger partial charge in [-0.1, -0.05) is 37.0 Å². The number of aromatic nitrogens is 2. The van der Waals surface area contributed by atoms with Crippen molar-refractivity contribution in [1.82, 2.24) is 9.55 Å². The molecule has 2 aromatic rings. The number of benzene rings is 1. The van der Waals surface area contributed by atoms with Crippen molar-refractivity contribution in [3.63, 3.8) is 0 Å². The summed E-state index contributed by atoms with van der Waals surface area (Å²) in [6, 6.07) is 3.59. The largest absolute Gasteiger partial charge is 0.536 e. The molecule has 1 aromatic carbocycles. The molecular weight excluding hydrogens is 888 g/mol. The van der Waals surface area contributed by atoms with E-state index in [1.54, 1.807) is 13.8 Å². The Morgan fingerprint density at radius 2 is 1.51 bits per heavy atom. The van der Waals surface area contributed by atoms with Crippen molar-refractivity contribution < 1.29 is 83.4 Å². The maximum Gasteiger partial charge on any atom is 0.536 e. The number of aryl methyl sites for hydroxylation is 1. The summed E-state index contributed by atoms with van der Waals surface area (Å²) >= 11 is 12.4.